The van der Waals surface area contributed by atoms with Crippen LogP contribution < -0.4 is 5.32 Å². The summed E-state index contributed by atoms with van der Waals surface area (Å²) in [5.74, 6) is 0.968. The monoisotopic (exact) mass is 315 g/mol. The lowest BCUT2D eigenvalue weighted by molar-refractivity contribution is 0.913. The van der Waals surface area contributed by atoms with E-state index in [1.807, 2.05) is 11.3 Å². The van der Waals surface area contributed by atoms with E-state index in [9.17, 15) is 0 Å². The first-order chi connectivity index (χ1) is 10.2. The molecule has 5 heteroatoms. The number of aromatic nitrogens is 2. The summed E-state index contributed by atoms with van der Waals surface area (Å²) in [7, 11) is 0. The summed E-state index contributed by atoms with van der Waals surface area (Å²) in [6.45, 7) is 5.16. The predicted molar refractivity (Wildman–Crippen MR) is 90.6 cm³/mol. The summed E-state index contributed by atoms with van der Waals surface area (Å²) >= 11 is 3.70. The van der Waals surface area contributed by atoms with Crippen molar-refractivity contribution >= 4 is 38.7 Å². The van der Waals surface area contributed by atoms with Gasteiger partial charge in [-0.05, 0) is 50.3 Å². The molecule has 0 radical (unpaired) electrons. The number of nitrogens with zero attached hydrogens (tertiary/aromatic N) is 2. The number of anilines is 1. The Morgan fingerprint density at radius 2 is 2.10 bits per heavy atom. The van der Waals surface area contributed by atoms with Crippen LogP contribution in [0.2, 0.25) is 0 Å². The van der Waals surface area contributed by atoms with E-state index in [4.69, 9.17) is 0 Å². The molecule has 0 unspecified atom stereocenters. The van der Waals surface area contributed by atoms with Crippen molar-refractivity contribution < 1.29 is 0 Å². The highest BCUT2D eigenvalue weighted by Crippen LogP contribution is 2.34. The predicted octanol–water partition coefficient (Wildman–Crippen LogP) is 4.47. The number of hydrogen-bond acceptors (Lipinski definition) is 5. The van der Waals surface area contributed by atoms with Gasteiger partial charge in [-0.25, -0.2) is 9.97 Å². The van der Waals surface area contributed by atoms with E-state index in [1.54, 1.807) is 28.1 Å². The van der Waals surface area contributed by atoms with Gasteiger partial charge in [0.25, 0.3) is 0 Å². The lowest BCUT2D eigenvalue weighted by Crippen LogP contribution is -2.01. The van der Waals surface area contributed by atoms with Crippen molar-refractivity contribution in [2.24, 2.45) is 0 Å². The summed E-state index contributed by atoms with van der Waals surface area (Å²) in [4.78, 5) is 14.2. The molecule has 1 aliphatic rings. The lowest BCUT2D eigenvalue weighted by Gasteiger charge is -2.06. The third-order valence-electron chi connectivity index (χ3n) is 4.19. The number of rotatable bonds is 3. The van der Waals surface area contributed by atoms with Crippen molar-refractivity contribution in [3.8, 4) is 0 Å². The Hall–Kier alpha value is -1.46. The first-order valence-electron chi connectivity index (χ1n) is 7.27. The van der Waals surface area contributed by atoms with Crippen molar-refractivity contribution in [1.29, 1.82) is 0 Å². The zero-order valence-electron chi connectivity index (χ0n) is 12.2. The molecule has 0 atom stereocenters. The van der Waals surface area contributed by atoms with Gasteiger partial charge in [0, 0.05) is 14.6 Å². The zero-order chi connectivity index (χ0) is 14.4. The normalized spacial score (nSPS) is 13.8. The van der Waals surface area contributed by atoms with Gasteiger partial charge in [-0.1, -0.05) is 0 Å². The largest absolute Gasteiger partial charge is 0.365 e. The van der Waals surface area contributed by atoms with Gasteiger partial charge < -0.3 is 5.32 Å². The molecule has 0 spiro atoms. The maximum atomic E-state index is 4.45. The molecule has 0 bridgehead atoms. The van der Waals surface area contributed by atoms with Gasteiger partial charge in [0.05, 0.1) is 11.9 Å². The standard InChI is InChI=1S/C16H17N3S2/c1-9-10(2)20-16-14(9)15(18-8-19-16)17-7-12-6-11-4-3-5-13(11)21-12/h6,8H,3-5,7H2,1-2H3,(H,17,18,19). The minimum absolute atomic E-state index is 0.859. The van der Waals surface area contributed by atoms with Crippen molar-refractivity contribution in [2.75, 3.05) is 5.32 Å². The van der Waals surface area contributed by atoms with Crippen LogP contribution in [0.5, 0.6) is 0 Å². The summed E-state index contributed by atoms with van der Waals surface area (Å²) < 4.78 is 0. The Labute approximate surface area is 132 Å². The minimum Gasteiger partial charge on any atom is -0.365 e. The van der Waals surface area contributed by atoms with E-state index in [0.717, 1.165) is 17.2 Å². The molecule has 3 aromatic heterocycles. The van der Waals surface area contributed by atoms with Gasteiger partial charge in [0.1, 0.15) is 17.0 Å². The molecule has 0 saturated carbocycles. The Bertz CT molecular complexity index is 795. The van der Waals surface area contributed by atoms with Crippen LogP contribution in [-0.4, -0.2) is 9.97 Å². The summed E-state index contributed by atoms with van der Waals surface area (Å²) in [5, 5.41) is 4.70. The van der Waals surface area contributed by atoms with E-state index in [2.05, 4.69) is 35.2 Å². The van der Waals surface area contributed by atoms with Gasteiger partial charge in [0.15, 0.2) is 0 Å². The number of nitrogens with one attached hydrogen (secondary N) is 1. The van der Waals surface area contributed by atoms with Crippen LogP contribution in [0.1, 0.15) is 32.2 Å². The second-order valence-electron chi connectivity index (χ2n) is 5.55. The van der Waals surface area contributed by atoms with Crippen LogP contribution in [0, 0.1) is 13.8 Å². The van der Waals surface area contributed by atoms with Crippen molar-refractivity contribution in [2.45, 2.75) is 39.7 Å². The average Bonchev–Trinajstić information content (AvgIpc) is 3.11. The Kier molecular flexibility index (Phi) is 3.19. The molecular weight excluding hydrogens is 298 g/mol. The van der Waals surface area contributed by atoms with Gasteiger partial charge >= 0.3 is 0 Å². The molecule has 108 valence electrons. The first-order valence-corrected chi connectivity index (χ1v) is 8.90. The maximum absolute atomic E-state index is 4.45. The summed E-state index contributed by atoms with van der Waals surface area (Å²) in [6, 6.07) is 2.37. The Balaban J connectivity index is 1.62. The van der Waals surface area contributed by atoms with Crippen LogP contribution in [0.15, 0.2) is 12.4 Å². The first kappa shape index (κ1) is 13.2. The molecule has 0 fully saturated rings. The molecule has 0 amide bonds. The fourth-order valence-electron chi connectivity index (χ4n) is 2.97. The Morgan fingerprint density at radius 3 is 2.95 bits per heavy atom. The fourth-order valence-corrected chi connectivity index (χ4v) is 5.16. The van der Waals surface area contributed by atoms with Gasteiger partial charge in [-0.2, -0.15) is 0 Å². The number of aryl methyl sites for hydroxylation is 4. The van der Waals surface area contributed by atoms with Crippen LogP contribution in [-0.2, 0) is 19.4 Å². The van der Waals surface area contributed by atoms with Crippen molar-refractivity contribution in [3.63, 3.8) is 0 Å². The highest BCUT2D eigenvalue weighted by atomic mass is 32.1. The van der Waals surface area contributed by atoms with Crippen LogP contribution >= 0.6 is 22.7 Å². The molecule has 1 N–H and O–H groups in total. The third kappa shape index (κ3) is 2.24. The van der Waals surface area contributed by atoms with E-state index >= 15 is 0 Å². The van der Waals surface area contributed by atoms with Gasteiger partial charge in [0.2, 0.25) is 0 Å². The number of fused-ring (bicyclic) bond motifs is 2. The number of thiophene rings is 2. The van der Waals surface area contributed by atoms with Crippen molar-refractivity contribution in [3.05, 3.63) is 38.2 Å². The molecule has 0 aliphatic heterocycles. The SMILES string of the molecule is Cc1sc2ncnc(NCc3cc4c(s3)CCC4)c2c1C. The maximum Gasteiger partial charge on any atom is 0.138 e. The molecule has 0 saturated heterocycles. The second-order valence-corrected chi connectivity index (χ2v) is 7.98. The van der Waals surface area contributed by atoms with E-state index in [1.165, 1.54) is 40.0 Å². The summed E-state index contributed by atoms with van der Waals surface area (Å²) in [5.41, 5.74) is 2.86. The minimum atomic E-state index is 0.859. The highest BCUT2D eigenvalue weighted by molar-refractivity contribution is 7.18. The summed E-state index contributed by atoms with van der Waals surface area (Å²) in [6.07, 6.45) is 5.51. The molecule has 1 aliphatic carbocycles. The molecule has 3 aromatic rings. The Morgan fingerprint density at radius 1 is 1.19 bits per heavy atom. The highest BCUT2D eigenvalue weighted by Gasteiger charge is 2.15. The van der Waals surface area contributed by atoms with Gasteiger partial charge in [-0.15, -0.1) is 22.7 Å². The molecule has 4 rings (SSSR count). The second kappa shape index (κ2) is 5.07. The van der Waals surface area contributed by atoms with Crippen LogP contribution in [0.3, 0.4) is 0 Å². The zero-order valence-corrected chi connectivity index (χ0v) is 13.8. The molecule has 3 nitrogen and oxygen atoms in total. The quantitative estimate of drug-likeness (QED) is 0.775. The molecule has 3 heterocycles. The topological polar surface area (TPSA) is 37.8 Å². The average molecular weight is 315 g/mol. The van der Waals surface area contributed by atoms with Crippen LogP contribution in [0.25, 0.3) is 10.2 Å². The third-order valence-corrected chi connectivity index (χ3v) is 6.55. The van der Waals surface area contributed by atoms with Gasteiger partial charge in [-0.3, -0.25) is 0 Å². The van der Waals surface area contributed by atoms with E-state index in [0.29, 0.717) is 0 Å². The van der Waals surface area contributed by atoms with Crippen molar-refractivity contribution in [1.82, 2.24) is 9.97 Å². The smallest absolute Gasteiger partial charge is 0.138 e. The fraction of sp³-hybridized carbons (Fsp3) is 0.375. The molecular formula is C16H17N3S2. The number of hydrogen-bond donors (Lipinski definition) is 1. The molecule has 0 aromatic carbocycles. The van der Waals surface area contributed by atoms with E-state index < -0.39 is 0 Å². The molecule has 21 heavy (non-hydrogen) atoms. The van der Waals surface area contributed by atoms with E-state index in [-0.39, 0.29) is 0 Å². The lowest BCUT2D eigenvalue weighted by atomic mass is 10.2. The van der Waals surface area contributed by atoms with Crippen LogP contribution in [0.4, 0.5) is 5.82 Å².